The van der Waals surface area contributed by atoms with Crippen LogP contribution < -0.4 is 9.62 Å². The van der Waals surface area contributed by atoms with Gasteiger partial charge in [-0.3, -0.25) is 13.9 Å². The van der Waals surface area contributed by atoms with Gasteiger partial charge in [0.1, 0.15) is 12.6 Å². The van der Waals surface area contributed by atoms with Crippen molar-refractivity contribution in [2.45, 2.75) is 33.4 Å². The molecule has 2 rings (SSSR count). The Morgan fingerprint density at radius 1 is 0.939 bits per heavy atom. The molecule has 2 amide bonds. The molecule has 1 unspecified atom stereocenters. The molecule has 0 saturated carbocycles. The molecule has 180 valence electrons. The molecule has 1 N–H and O–H groups in total. The first-order valence-corrected chi connectivity index (χ1v) is 13.9. The van der Waals surface area contributed by atoms with Crippen LogP contribution in [0.2, 0.25) is 0 Å². The van der Waals surface area contributed by atoms with Crippen LogP contribution in [-0.2, 0) is 26.2 Å². The van der Waals surface area contributed by atoms with E-state index in [1.165, 1.54) is 4.90 Å². The fourth-order valence-electron chi connectivity index (χ4n) is 3.04. The van der Waals surface area contributed by atoms with E-state index in [9.17, 15) is 18.0 Å². The minimum absolute atomic E-state index is 0.167. The molecule has 0 fully saturated rings. The lowest BCUT2D eigenvalue weighted by atomic mass is 10.1. The minimum atomic E-state index is -3.74. The van der Waals surface area contributed by atoms with Crippen molar-refractivity contribution < 1.29 is 18.0 Å². The number of nitrogens with zero attached hydrogens (tertiary/aromatic N) is 2. The second-order valence-electron chi connectivity index (χ2n) is 8.21. The van der Waals surface area contributed by atoms with E-state index in [0.29, 0.717) is 12.2 Å². The van der Waals surface area contributed by atoms with Gasteiger partial charge in [0.15, 0.2) is 0 Å². The molecule has 0 aromatic heterocycles. The summed E-state index contributed by atoms with van der Waals surface area (Å²) in [7, 11) is -3.74. The molecule has 0 heterocycles. The maximum absolute atomic E-state index is 13.4. The van der Waals surface area contributed by atoms with E-state index in [4.69, 9.17) is 0 Å². The summed E-state index contributed by atoms with van der Waals surface area (Å²) in [6.45, 7) is 5.85. The number of anilines is 1. The summed E-state index contributed by atoms with van der Waals surface area (Å²) in [5, 5.41) is 2.86. The van der Waals surface area contributed by atoms with Gasteiger partial charge < -0.3 is 10.2 Å². The predicted molar refractivity (Wildman–Crippen MR) is 138 cm³/mol. The molecule has 2 aromatic rings. The molecule has 33 heavy (non-hydrogen) atoms. The number of hydrogen-bond donors (Lipinski definition) is 1. The van der Waals surface area contributed by atoms with Crippen LogP contribution in [-0.4, -0.2) is 50.5 Å². The Labute approximate surface area is 212 Å². The van der Waals surface area contributed by atoms with Gasteiger partial charge in [0.2, 0.25) is 21.8 Å². The van der Waals surface area contributed by atoms with Gasteiger partial charge in [0.05, 0.1) is 11.9 Å². The molecule has 0 aliphatic heterocycles. The minimum Gasteiger partial charge on any atom is -0.354 e. The second-order valence-corrected chi connectivity index (χ2v) is 11.9. The number of carbonyl (C=O) groups excluding carboxylic acids is 2. The molecule has 0 aliphatic rings. The van der Waals surface area contributed by atoms with Crippen LogP contribution in [0.15, 0.2) is 57.5 Å². The topological polar surface area (TPSA) is 86.8 Å². The summed E-state index contributed by atoms with van der Waals surface area (Å²) >= 11 is 6.72. The zero-order valence-electron chi connectivity index (χ0n) is 19.1. The average molecular weight is 603 g/mol. The van der Waals surface area contributed by atoms with E-state index in [0.717, 1.165) is 25.1 Å². The first-order chi connectivity index (χ1) is 15.4. The summed E-state index contributed by atoms with van der Waals surface area (Å²) in [6, 6.07) is 13.3. The Morgan fingerprint density at radius 2 is 1.45 bits per heavy atom. The van der Waals surface area contributed by atoms with Crippen LogP contribution in [0.1, 0.15) is 26.3 Å². The van der Waals surface area contributed by atoms with Crippen LogP contribution in [0.4, 0.5) is 5.69 Å². The van der Waals surface area contributed by atoms with Gasteiger partial charge in [-0.15, -0.1) is 0 Å². The van der Waals surface area contributed by atoms with Crippen LogP contribution in [0, 0.1) is 5.92 Å². The lowest BCUT2D eigenvalue weighted by Gasteiger charge is -2.31. The molecule has 0 saturated heterocycles. The van der Waals surface area contributed by atoms with Crippen molar-refractivity contribution >= 4 is 59.4 Å². The molecule has 0 bridgehead atoms. The molecule has 1 atom stereocenters. The van der Waals surface area contributed by atoms with Crippen molar-refractivity contribution in [3.63, 3.8) is 0 Å². The molecular formula is C23H29Br2N3O4S. The Bertz CT molecular complexity index is 1060. The van der Waals surface area contributed by atoms with Crippen LogP contribution in [0.5, 0.6) is 0 Å². The number of carbonyl (C=O) groups is 2. The molecular weight excluding hydrogens is 574 g/mol. The van der Waals surface area contributed by atoms with Gasteiger partial charge in [-0.25, -0.2) is 8.42 Å². The number of sulfonamides is 1. The molecule has 10 heteroatoms. The zero-order chi connectivity index (χ0) is 24.8. The zero-order valence-corrected chi connectivity index (χ0v) is 23.1. The smallest absolute Gasteiger partial charge is 0.244 e. The number of hydrogen-bond acceptors (Lipinski definition) is 4. The van der Waals surface area contributed by atoms with E-state index < -0.39 is 28.5 Å². The van der Waals surface area contributed by atoms with Gasteiger partial charge in [-0.2, -0.15) is 0 Å². The van der Waals surface area contributed by atoms with Gasteiger partial charge >= 0.3 is 0 Å². The number of nitrogens with one attached hydrogen (secondary N) is 1. The molecule has 7 nitrogen and oxygen atoms in total. The summed E-state index contributed by atoms with van der Waals surface area (Å²) < 4.78 is 27.8. The van der Waals surface area contributed by atoms with E-state index in [1.54, 1.807) is 31.2 Å². The first kappa shape index (κ1) is 27.3. The van der Waals surface area contributed by atoms with Gasteiger partial charge in [0, 0.05) is 22.0 Å². The Kier molecular flexibility index (Phi) is 9.93. The number of rotatable bonds is 10. The summed E-state index contributed by atoms with van der Waals surface area (Å²) in [5.74, 6) is -0.503. The first-order valence-electron chi connectivity index (χ1n) is 10.4. The average Bonchev–Trinajstić information content (AvgIpc) is 2.74. The van der Waals surface area contributed by atoms with Crippen LogP contribution in [0.25, 0.3) is 0 Å². The van der Waals surface area contributed by atoms with Crippen molar-refractivity contribution in [3.05, 3.63) is 63.0 Å². The Hall–Kier alpha value is -1.91. The fraction of sp³-hybridized carbons (Fsp3) is 0.391. The van der Waals surface area contributed by atoms with Gasteiger partial charge in [-0.05, 0) is 54.8 Å². The van der Waals surface area contributed by atoms with Gasteiger partial charge in [-0.1, -0.05) is 57.8 Å². The number of halogens is 2. The Balaban J connectivity index is 2.34. The fourth-order valence-corrected chi connectivity index (χ4v) is 4.42. The lowest BCUT2D eigenvalue weighted by Crippen LogP contribution is -2.51. The van der Waals surface area contributed by atoms with E-state index in [-0.39, 0.29) is 18.4 Å². The monoisotopic (exact) mass is 601 g/mol. The van der Waals surface area contributed by atoms with Crippen molar-refractivity contribution in [2.75, 3.05) is 23.7 Å². The van der Waals surface area contributed by atoms with Crippen LogP contribution in [0.3, 0.4) is 0 Å². The quantitative estimate of drug-likeness (QED) is 0.442. The maximum Gasteiger partial charge on any atom is 0.244 e. The summed E-state index contributed by atoms with van der Waals surface area (Å²) in [5.41, 5.74) is 1.19. The third-order valence-corrected chi connectivity index (χ3v) is 7.11. The highest BCUT2D eigenvalue weighted by Crippen LogP contribution is 2.22. The third kappa shape index (κ3) is 8.42. The maximum atomic E-state index is 13.4. The summed E-state index contributed by atoms with van der Waals surface area (Å²) in [4.78, 5) is 27.6. The highest BCUT2D eigenvalue weighted by atomic mass is 79.9. The normalized spacial score (nSPS) is 12.3. The van der Waals surface area contributed by atoms with Crippen molar-refractivity contribution in [2.24, 2.45) is 5.92 Å². The largest absolute Gasteiger partial charge is 0.354 e. The highest BCUT2D eigenvalue weighted by Gasteiger charge is 2.30. The third-order valence-electron chi connectivity index (χ3n) is 4.91. The lowest BCUT2D eigenvalue weighted by molar-refractivity contribution is -0.139. The van der Waals surface area contributed by atoms with Crippen molar-refractivity contribution in [1.29, 1.82) is 0 Å². The standard InChI is InChI=1S/C23H29Br2N3O4S/c1-16(2)13-26-23(30)17(3)27(14-18-5-7-19(24)8-6-18)22(29)15-28(33(4,31)32)21-11-9-20(25)10-12-21/h5-12,16-17H,13-15H2,1-4H3,(H,26,30). The predicted octanol–water partition coefficient (Wildman–Crippen LogP) is 4.17. The Morgan fingerprint density at radius 3 is 1.94 bits per heavy atom. The molecule has 0 spiro atoms. The SMILES string of the molecule is CC(C)CNC(=O)C(C)N(Cc1ccc(Br)cc1)C(=O)CN(c1ccc(Br)cc1)S(C)(=O)=O. The summed E-state index contributed by atoms with van der Waals surface area (Å²) in [6.07, 6.45) is 1.06. The van der Waals surface area contributed by atoms with E-state index in [1.807, 2.05) is 38.1 Å². The van der Waals surface area contributed by atoms with Crippen molar-refractivity contribution in [3.8, 4) is 0 Å². The van der Waals surface area contributed by atoms with Gasteiger partial charge in [0.25, 0.3) is 0 Å². The molecule has 0 aliphatic carbocycles. The second kappa shape index (κ2) is 12.0. The molecule has 0 radical (unpaired) electrons. The number of benzene rings is 2. The number of amides is 2. The van der Waals surface area contributed by atoms with Crippen LogP contribution >= 0.6 is 31.9 Å². The highest BCUT2D eigenvalue weighted by molar-refractivity contribution is 9.10. The van der Waals surface area contributed by atoms with Crippen molar-refractivity contribution in [1.82, 2.24) is 10.2 Å². The van der Waals surface area contributed by atoms with E-state index >= 15 is 0 Å². The van der Waals surface area contributed by atoms with E-state index in [2.05, 4.69) is 37.2 Å². The molecule has 2 aromatic carbocycles.